The Labute approximate surface area is 92.6 Å². The number of hydrogen-bond donors (Lipinski definition) is 2. The van der Waals surface area contributed by atoms with E-state index < -0.39 is 10.0 Å². The first kappa shape index (κ1) is 11.0. The quantitative estimate of drug-likeness (QED) is 0.764. The molecule has 0 saturated carbocycles. The summed E-state index contributed by atoms with van der Waals surface area (Å²) in [6.45, 7) is 0. The highest BCUT2D eigenvalue weighted by molar-refractivity contribution is 9.11. The molecule has 4 N–H and O–H groups in total. The molecule has 0 amide bonds. The molecule has 0 aromatic heterocycles. The zero-order valence-corrected chi connectivity index (χ0v) is 10.3. The summed E-state index contributed by atoms with van der Waals surface area (Å²) in [4.78, 5) is -0.0873. The first-order chi connectivity index (χ1) is 5.82. The molecule has 0 heterocycles. The van der Waals surface area contributed by atoms with E-state index in [1.165, 1.54) is 6.07 Å². The minimum Gasteiger partial charge on any atom is -0.398 e. The van der Waals surface area contributed by atoms with Crippen LogP contribution in [0.2, 0.25) is 0 Å². The van der Waals surface area contributed by atoms with Crippen molar-refractivity contribution in [3.63, 3.8) is 0 Å². The van der Waals surface area contributed by atoms with Crippen molar-refractivity contribution < 1.29 is 8.42 Å². The third-order valence-corrected chi connectivity index (χ3v) is 3.69. The van der Waals surface area contributed by atoms with Gasteiger partial charge in [-0.25, -0.2) is 13.6 Å². The lowest BCUT2D eigenvalue weighted by Gasteiger charge is -2.05. The van der Waals surface area contributed by atoms with Gasteiger partial charge in [0.25, 0.3) is 0 Å². The van der Waals surface area contributed by atoms with Crippen LogP contribution in [0.1, 0.15) is 0 Å². The second kappa shape index (κ2) is 3.56. The van der Waals surface area contributed by atoms with Gasteiger partial charge in [-0.15, -0.1) is 0 Å². The predicted octanol–water partition coefficient (Wildman–Crippen LogP) is 1.44. The van der Waals surface area contributed by atoms with Gasteiger partial charge in [0.2, 0.25) is 10.0 Å². The molecule has 0 fully saturated rings. The molecule has 0 unspecified atom stereocenters. The van der Waals surface area contributed by atoms with Crippen molar-refractivity contribution in [2.75, 3.05) is 5.73 Å². The average molecular weight is 330 g/mol. The molecule has 0 spiro atoms. The lowest BCUT2D eigenvalue weighted by molar-refractivity contribution is 0.597. The Hall–Kier alpha value is -0.110. The summed E-state index contributed by atoms with van der Waals surface area (Å²) in [7, 11) is -3.77. The summed E-state index contributed by atoms with van der Waals surface area (Å²) in [6.07, 6.45) is 0. The standard InChI is InChI=1S/C6H6Br2N2O2S/c7-3-1-4(8)6(5(9)2-3)13(10,11)12/h1-2H,9H2,(H2,10,11,12). The van der Waals surface area contributed by atoms with E-state index in [4.69, 9.17) is 10.9 Å². The molecule has 7 heteroatoms. The van der Waals surface area contributed by atoms with Gasteiger partial charge in [0.1, 0.15) is 4.90 Å². The van der Waals surface area contributed by atoms with Gasteiger partial charge in [0.15, 0.2) is 0 Å². The van der Waals surface area contributed by atoms with Crippen LogP contribution in [0.4, 0.5) is 5.69 Å². The second-order valence-corrected chi connectivity index (χ2v) is 5.62. The Balaban J connectivity index is 3.57. The van der Waals surface area contributed by atoms with Gasteiger partial charge in [-0.1, -0.05) is 15.9 Å². The highest BCUT2D eigenvalue weighted by atomic mass is 79.9. The van der Waals surface area contributed by atoms with E-state index >= 15 is 0 Å². The number of halogens is 2. The molecule has 1 aromatic rings. The molecule has 72 valence electrons. The molecule has 13 heavy (non-hydrogen) atoms. The third-order valence-electron chi connectivity index (χ3n) is 1.32. The van der Waals surface area contributed by atoms with Gasteiger partial charge in [0, 0.05) is 8.95 Å². The molecule has 0 saturated heterocycles. The van der Waals surface area contributed by atoms with Crippen molar-refractivity contribution in [2.45, 2.75) is 4.90 Å². The first-order valence-corrected chi connectivity index (χ1v) is 6.23. The summed E-state index contributed by atoms with van der Waals surface area (Å²) in [6, 6.07) is 3.04. The fourth-order valence-electron chi connectivity index (χ4n) is 0.880. The Bertz CT molecular complexity index is 421. The molecule has 0 aliphatic rings. The van der Waals surface area contributed by atoms with Crippen LogP contribution in [0, 0.1) is 0 Å². The van der Waals surface area contributed by atoms with Gasteiger partial charge in [0.05, 0.1) is 5.69 Å². The van der Waals surface area contributed by atoms with Gasteiger partial charge < -0.3 is 5.73 Å². The Kier molecular flexibility index (Phi) is 3.01. The SMILES string of the molecule is Nc1cc(Br)cc(Br)c1S(N)(=O)=O. The first-order valence-electron chi connectivity index (χ1n) is 3.09. The summed E-state index contributed by atoms with van der Waals surface area (Å²) < 4.78 is 23.1. The molecule has 4 nitrogen and oxygen atoms in total. The molecule has 0 aliphatic carbocycles. The van der Waals surface area contributed by atoms with Gasteiger partial charge in [-0.2, -0.15) is 0 Å². The topological polar surface area (TPSA) is 86.2 Å². The van der Waals surface area contributed by atoms with Crippen molar-refractivity contribution in [3.8, 4) is 0 Å². The third kappa shape index (κ3) is 2.43. The fraction of sp³-hybridized carbons (Fsp3) is 0. The Morgan fingerprint density at radius 2 is 1.77 bits per heavy atom. The summed E-state index contributed by atoms with van der Waals surface area (Å²) >= 11 is 6.23. The normalized spacial score (nSPS) is 11.6. The monoisotopic (exact) mass is 328 g/mol. The van der Waals surface area contributed by atoms with E-state index in [1.807, 2.05) is 0 Å². The minimum absolute atomic E-state index is 0.0873. The van der Waals surface area contributed by atoms with E-state index in [0.717, 1.165) is 0 Å². The highest BCUT2D eigenvalue weighted by Crippen LogP contribution is 2.30. The minimum atomic E-state index is -3.77. The molecular formula is C6H6Br2N2O2S. The summed E-state index contributed by atoms with van der Waals surface area (Å²) in [5, 5.41) is 4.96. The lowest BCUT2D eigenvalue weighted by atomic mass is 10.3. The van der Waals surface area contributed by atoms with Crippen molar-refractivity contribution in [3.05, 3.63) is 21.1 Å². The molecule has 0 aliphatic heterocycles. The molecule has 1 rings (SSSR count). The zero-order chi connectivity index (χ0) is 10.2. The number of benzene rings is 1. The maximum absolute atomic E-state index is 11.0. The smallest absolute Gasteiger partial charge is 0.241 e. The van der Waals surface area contributed by atoms with E-state index in [2.05, 4.69) is 31.9 Å². The van der Waals surface area contributed by atoms with Crippen LogP contribution in [0.3, 0.4) is 0 Å². The summed E-state index contributed by atoms with van der Waals surface area (Å²) in [5.74, 6) is 0. The fourth-order valence-corrected chi connectivity index (χ4v) is 3.53. The van der Waals surface area contributed by atoms with Crippen LogP contribution in [-0.2, 0) is 10.0 Å². The number of primary sulfonamides is 1. The second-order valence-electron chi connectivity index (χ2n) is 2.35. The number of anilines is 1. The number of nitrogen functional groups attached to an aromatic ring is 1. The van der Waals surface area contributed by atoms with E-state index in [9.17, 15) is 8.42 Å². The maximum atomic E-state index is 11.0. The summed E-state index contributed by atoms with van der Waals surface area (Å²) in [5.41, 5.74) is 5.60. The number of nitrogens with two attached hydrogens (primary N) is 2. The molecule has 0 atom stereocenters. The van der Waals surface area contributed by atoms with Crippen molar-refractivity contribution in [1.82, 2.24) is 0 Å². The van der Waals surface area contributed by atoms with Crippen molar-refractivity contribution in [2.24, 2.45) is 5.14 Å². The van der Waals surface area contributed by atoms with Gasteiger partial charge >= 0.3 is 0 Å². The largest absolute Gasteiger partial charge is 0.398 e. The van der Waals surface area contributed by atoms with Crippen LogP contribution < -0.4 is 10.9 Å². The van der Waals surface area contributed by atoms with E-state index in [0.29, 0.717) is 8.95 Å². The highest BCUT2D eigenvalue weighted by Gasteiger charge is 2.16. The molecular weight excluding hydrogens is 324 g/mol. The average Bonchev–Trinajstić information content (AvgIpc) is 1.78. The predicted molar refractivity (Wildman–Crippen MR) is 57.6 cm³/mol. The van der Waals surface area contributed by atoms with Crippen LogP contribution in [0.15, 0.2) is 26.0 Å². The van der Waals surface area contributed by atoms with E-state index in [1.54, 1.807) is 6.07 Å². The van der Waals surface area contributed by atoms with Crippen molar-refractivity contribution in [1.29, 1.82) is 0 Å². The van der Waals surface area contributed by atoms with Crippen LogP contribution in [0.5, 0.6) is 0 Å². The van der Waals surface area contributed by atoms with Crippen LogP contribution in [0.25, 0.3) is 0 Å². The maximum Gasteiger partial charge on any atom is 0.241 e. The van der Waals surface area contributed by atoms with Gasteiger partial charge in [-0.05, 0) is 28.1 Å². The number of sulfonamides is 1. The lowest BCUT2D eigenvalue weighted by Crippen LogP contribution is -2.15. The molecule has 0 bridgehead atoms. The van der Waals surface area contributed by atoms with Crippen LogP contribution in [-0.4, -0.2) is 8.42 Å². The number of hydrogen-bond acceptors (Lipinski definition) is 3. The molecule has 0 radical (unpaired) electrons. The number of rotatable bonds is 1. The van der Waals surface area contributed by atoms with Gasteiger partial charge in [-0.3, -0.25) is 0 Å². The van der Waals surface area contributed by atoms with Crippen molar-refractivity contribution >= 4 is 47.6 Å². The zero-order valence-electron chi connectivity index (χ0n) is 6.29. The Morgan fingerprint density at radius 3 is 2.15 bits per heavy atom. The van der Waals surface area contributed by atoms with E-state index in [-0.39, 0.29) is 10.6 Å². The molecule has 1 aromatic carbocycles. The van der Waals surface area contributed by atoms with Crippen LogP contribution >= 0.6 is 31.9 Å². The Morgan fingerprint density at radius 1 is 1.23 bits per heavy atom.